The lowest BCUT2D eigenvalue weighted by Crippen LogP contribution is -2.07. The van der Waals surface area contributed by atoms with Crippen LogP contribution in [0, 0.1) is 0 Å². The molecule has 4 aromatic rings. The number of nitrogens with zero attached hydrogens (tertiary/aromatic N) is 1. The molecule has 0 spiro atoms. The van der Waals surface area contributed by atoms with Gasteiger partial charge >= 0.3 is 0 Å². The summed E-state index contributed by atoms with van der Waals surface area (Å²) in [6.07, 6.45) is 1.87. The molecule has 0 aliphatic rings. The number of phenolic OH excluding ortho intramolecular Hbond substituents is 1. The Morgan fingerprint density at radius 3 is 2.71 bits per heavy atom. The fraction of sp³-hybridized carbons (Fsp3) is 0.105. The van der Waals surface area contributed by atoms with E-state index in [4.69, 9.17) is 5.11 Å². The van der Waals surface area contributed by atoms with Crippen LogP contribution >= 0.6 is 0 Å². The van der Waals surface area contributed by atoms with Crippen molar-refractivity contribution in [3.63, 3.8) is 0 Å². The zero-order chi connectivity index (χ0) is 16.5. The van der Waals surface area contributed by atoms with E-state index < -0.39 is 0 Å². The molecule has 120 valence electrons. The Morgan fingerprint density at radius 2 is 1.83 bits per heavy atom. The Kier molecular flexibility index (Phi) is 3.55. The van der Waals surface area contributed by atoms with Gasteiger partial charge in [0.15, 0.2) is 0 Å². The topological polar surface area (TPSA) is 81.2 Å². The van der Waals surface area contributed by atoms with Crippen LogP contribution in [0.1, 0.15) is 0 Å². The molecule has 5 nitrogen and oxygen atoms in total. The maximum atomic E-state index is 9.61. The summed E-state index contributed by atoms with van der Waals surface area (Å²) >= 11 is 0. The lowest BCUT2D eigenvalue weighted by atomic mass is 9.99. The molecule has 0 aliphatic carbocycles. The van der Waals surface area contributed by atoms with Gasteiger partial charge in [0.2, 0.25) is 0 Å². The van der Waals surface area contributed by atoms with E-state index in [0.29, 0.717) is 6.54 Å². The Morgan fingerprint density at radius 1 is 1.00 bits per heavy atom. The molecule has 24 heavy (non-hydrogen) atoms. The molecule has 4 rings (SSSR count). The van der Waals surface area contributed by atoms with Crippen molar-refractivity contribution >= 4 is 27.6 Å². The number of rotatable bonds is 4. The summed E-state index contributed by atoms with van der Waals surface area (Å²) < 4.78 is 0. The molecule has 2 aromatic heterocycles. The van der Waals surface area contributed by atoms with Crippen molar-refractivity contribution in [2.75, 3.05) is 18.5 Å². The first-order chi connectivity index (χ1) is 11.7. The van der Waals surface area contributed by atoms with E-state index >= 15 is 0 Å². The van der Waals surface area contributed by atoms with E-state index in [1.807, 2.05) is 36.5 Å². The van der Waals surface area contributed by atoms with Gasteiger partial charge in [0, 0.05) is 18.1 Å². The summed E-state index contributed by atoms with van der Waals surface area (Å²) in [7, 11) is 0. The van der Waals surface area contributed by atoms with Gasteiger partial charge in [-0.25, -0.2) is 4.98 Å². The molecule has 4 N–H and O–H groups in total. The van der Waals surface area contributed by atoms with Crippen LogP contribution in [0.4, 0.5) is 5.82 Å². The minimum Gasteiger partial charge on any atom is -0.508 e. The third-order valence-electron chi connectivity index (χ3n) is 4.08. The highest BCUT2D eigenvalue weighted by Gasteiger charge is 2.09. The SMILES string of the molecule is OCCNc1cc(-c2ccc3cc(O)ccc3c2)c2cc[nH]c2n1. The number of nitrogens with one attached hydrogen (secondary N) is 2. The molecule has 5 heteroatoms. The third kappa shape index (κ3) is 2.55. The first-order valence-electron chi connectivity index (χ1n) is 7.80. The highest BCUT2D eigenvalue weighted by molar-refractivity contribution is 5.97. The average Bonchev–Trinajstić information content (AvgIpc) is 3.07. The van der Waals surface area contributed by atoms with Gasteiger partial charge in [-0.3, -0.25) is 0 Å². The van der Waals surface area contributed by atoms with Crippen LogP contribution in [-0.2, 0) is 0 Å². The molecular weight excluding hydrogens is 302 g/mol. The number of aromatic amines is 1. The van der Waals surface area contributed by atoms with E-state index in [0.717, 1.165) is 38.8 Å². The van der Waals surface area contributed by atoms with Crippen LogP contribution in [0.15, 0.2) is 54.7 Å². The standard InChI is InChI=1S/C19H17N3O2/c23-8-7-20-18-11-17(16-5-6-21-19(16)22-18)14-2-1-13-10-15(24)4-3-12(13)9-14/h1-6,9-11,23-24H,7-8H2,(H2,20,21,22). The molecule has 0 bridgehead atoms. The van der Waals surface area contributed by atoms with Gasteiger partial charge in [-0.1, -0.05) is 18.2 Å². The third-order valence-corrected chi connectivity index (χ3v) is 4.08. The predicted molar refractivity (Wildman–Crippen MR) is 96.3 cm³/mol. The fourth-order valence-corrected chi connectivity index (χ4v) is 2.95. The lowest BCUT2D eigenvalue weighted by molar-refractivity contribution is 0.311. The van der Waals surface area contributed by atoms with Crippen LogP contribution in [-0.4, -0.2) is 33.3 Å². The second kappa shape index (κ2) is 5.86. The molecule has 2 aromatic carbocycles. The van der Waals surface area contributed by atoms with Crippen LogP contribution in [0.5, 0.6) is 5.75 Å². The van der Waals surface area contributed by atoms with E-state index in [-0.39, 0.29) is 12.4 Å². The predicted octanol–water partition coefficient (Wildman–Crippen LogP) is 3.49. The molecule has 0 radical (unpaired) electrons. The van der Waals surface area contributed by atoms with E-state index in [1.165, 1.54) is 0 Å². The molecule has 0 aliphatic heterocycles. The number of H-pyrrole nitrogens is 1. The number of aliphatic hydroxyl groups is 1. The molecule has 2 heterocycles. The Bertz CT molecular complexity index is 1020. The number of benzene rings is 2. The molecule has 0 unspecified atom stereocenters. The lowest BCUT2D eigenvalue weighted by Gasteiger charge is -2.10. The number of phenols is 1. The van der Waals surface area contributed by atoms with Crippen molar-refractivity contribution in [3.8, 4) is 16.9 Å². The zero-order valence-electron chi connectivity index (χ0n) is 13.0. The van der Waals surface area contributed by atoms with Crippen LogP contribution in [0.3, 0.4) is 0 Å². The van der Waals surface area contributed by atoms with Crippen LogP contribution < -0.4 is 5.32 Å². The van der Waals surface area contributed by atoms with Crippen molar-refractivity contribution < 1.29 is 10.2 Å². The minimum atomic E-state index is 0.0548. The quantitative estimate of drug-likeness (QED) is 0.464. The number of aromatic hydroxyl groups is 1. The van der Waals surface area contributed by atoms with Gasteiger partial charge in [0.1, 0.15) is 17.2 Å². The molecule has 0 saturated carbocycles. The van der Waals surface area contributed by atoms with E-state index in [2.05, 4.69) is 21.4 Å². The number of anilines is 1. The fourth-order valence-electron chi connectivity index (χ4n) is 2.95. The van der Waals surface area contributed by atoms with Gasteiger partial charge in [-0.2, -0.15) is 0 Å². The van der Waals surface area contributed by atoms with Crippen molar-refractivity contribution in [2.45, 2.75) is 0 Å². The monoisotopic (exact) mass is 319 g/mol. The highest BCUT2D eigenvalue weighted by atomic mass is 16.3. The summed E-state index contributed by atoms with van der Waals surface area (Å²) in [5.41, 5.74) is 2.95. The second-order valence-corrected chi connectivity index (χ2v) is 5.69. The second-order valence-electron chi connectivity index (χ2n) is 5.69. The van der Waals surface area contributed by atoms with Crippen LogP contribution in [0.2, 0.25) is 0 Å². The van der Waals surface area contributed by atoms with E-state index in [1.54, 1.807) is 12.1 Å². The Balaban J connectivity index is 1.88. The highest BCUT2D eigenvalue weighted by Crippen LogP contribution is 2.32. The summed E-state index contributed by atoms with van der Waals surface area (Å²) in [5.74, 6) is 0.988. The minimum absolute atomic E-state index is 0.0548. The summed E-state index contributed by atoms with van der Waals surface area (Å²) in [5, 5.41) is 24.8. The first-order valence-corrected chi connectivity index (χ1v) is 7.80. The summed E-state index contributed by atoms with van der Waals surface area (Å²) in [6, 6.07) is 15.5. The molecular formula is C19H17N3O2. The van der Waals surface area contributed by atoms with Crippen molar-refractivity contribution in [1.29, 1.82) is 0 Å². The number of hydrogen-bond acceptors (Lipinski definition) is 4. The zero-order valence-corrected chi connectivity index (χ0v) is 13.0. The molecule has 0 fully saturated rings. The number of pyridine rings is 1. The van der Waals surface area contributed by atoms with Gasteiger partial charge in [-0.05, 0) is 52.2 Å². The normalized spacial score (nSPS) is 11.2. The van der Waals surface area contributed by atoms with Crippen molar-refractivity contribution in [3.05, 3.63) is 54.7 Å². The first kappa shape index (κ1) is 14.5. The molecule has 0 atom stereocenters. The van der Waals surface area contributed by atoms with E-state index in [9.17, 15) is 5.11 Å². The number of aliphatic hydroxyl groups excluding tert-OH is 1. The Labute approximate surface area is 138 Å². The average molecular weight is 319 g/mol. The smallest absolute Gasteiger partial charge is 0.140 e. The maximum Gasteiger partial charge on any atom is 0.140 e. The van der Waals surface area contributed by atoms with Crippen LogP contribution in [0.25, 0.3) is 32.9 Å². The molecule has 0 amide bonds. The van der Waals surface area contributed by atoms with Gasteiger partial charge in [0.05, 0.1) is 6.61 Å². The van der Waals surface area contributed by atoms with Crippen molar-refractivity contribution in [1.82, 2.24) is 9.97 Å². The summed E-state index contributed by atoms with van der Waals surface area (Å²) in [6.45, 7) is 0.509. The number of aromatic nitrogens is 2. The summed E-state index contributed by atoms with van der Waals surface area (Å²) in [4.78, 5) is 7.67. The largest absolute Gasteiger partial charge is 0.508 e. The molecule has 0 saturated heterocycles. The number of fused-ring (bicyclic) bond motifs is 2. The number of hydrogen-bond donors (Lipinski definition) is 4. The van der Waals surface area contributed by atoms with Gasteiger partial charge in [-0.15, -0.1) is 0 Å². The van der Waals surface area contributed by atoms with Crippen molar-refractivity contribution in [2.24, 2.45) is 0 Å². The maximum absolute atomic E-state index is 9.61. The Hall–Kier alpha value is -3.05. The van der Waals surface area contributed by atoms with Gasteiger partial charge < -0.3 is 20.5 Å². The van der Waals surface area contributed by atoms with Gasteiger partial charge in [0.25, 0.3) is 0 Å².